The Kier molecular flexibility index (Phi) is 4.38. The molecule has 0 fully saturated rings. The highest BCUT2D eigenvalue weighted by molar-refractivity contribution is 6.30. The second kappa shape index (κ2) is 6.02. The van der Waals surface area contributed by atoms with E-state index in [0.29, 0.717) is 11.5 Å². The van der Waals surface area contributed by atoms with Gasteiger partial charge in [-0.25, -0.2) is 4.39 Å². The van der Waals surface area contributed by atoms with Gasteiger partial charge in [0.15, 0.2) is 5.96 Å². The summed E-state index contributed by atoms with van der Waals surface area (Å²) in [6.07, 6.45) is 0.207. The van der Waals surface area contributed by atoms with Crippen molar-refractivity contribution >= 4 is 17.6 Å². The van der Waals surface area contributed by atoms with Crippen LogP contribution in [0.3, 0.4) is 0 Å². The van der Waals surface area contributed by atoms with Gasteiger partial charge in [0.25, 0.3) is 0 Å². The van der Waals surface area contributed by atoms with Crippen molar-refractivity contribution in [2.75, 3.05) is 19.6 Å². The van der Waals surface area contributed by atoms with Gasteiger partial charge in [-0.2, -0.15) is 0 Å². The number of hydrogen-bond donors (Lipinski definition) is 3. The number of nitrogens with zero attached hydrogens (tertiary/aromatic N) is 1. The molecule has 98 valence electrons. The van der Waals surface area contributed by atoms with Crippen LogP contribution in [0, 0.1) is 5.82 Å². The summed E-state index contributed by atoms with van der Waals surface area (Å²) < 4.78 is 13.2. The van der Waals surface area contributed by atoms with Crippen molar-refractivity contribution < 1.29 is 9.50 Å². The van der Waals surface area contributed by atoms with Crippen LogP contribution in [0.5, 0.6) is 0 Å². The molecule has 0 saturated heterocycles. The molecule has 0 aromatic heterocycles. The fraction of sp³-hybridized carbons (Fsp3) is 0.417. The monoisotopic (exact) mass is 271 g/mol. The van der Waals surface area contributed by atoms with Gasteiger partial charge in [-0.1, -0.05) is 17.7 Å². The number of halogens is 2. The minimum absolute atomic E-state index is 0.0530. The average Bonchev–Trinajstić information content (AvgIpc) is 2.40. The standard InChI is InChI=1S/C12H15ClFN3O/c13-9-3-2-8(6-10(9)14)11(18)7-17-12-15-4-1-5-16-12/h2-3,6,11,18H,1,4-5,7H2,(H2,15,16,17). The molecular formula is C12H15ClFN3O. The first-order valence-corrected chi connectivity index (χ1v) is 6.20. The Hall–Kier alpha value is -1.33. The average molecular weight is 272 g/mol. The molecule has 1 aromatic carbocycles. The molecule has 1 aromatic rings. The largest absolute Gasteiger partial charge is 0.387 e. The zero-order valence-electron chi connectivity index (χ0n) is 9.79. The molecule has 0 spiro atoms. The van der Waals surface area contributed by atoms with E-state index in [9.17, 15) is 9.50 Å². The first-order valence-electron chi connectivity index (χ1n) is 5.82. The number of aliphatic hydroxyl groups is 1. The smallest absolute Gasteiger partial charge is 0.191 e. The maximum Gasteiger partial charge on any atom is 0.191 e. The van der Waals surface area contributed by atoms with Crippen LogP contribution in [0.2, 0.25) is 5.02 Å². The molecule has 1 unspecified atom stereocenters. The summed E-state index contributed by atoms with van der Waals surface area (Å²) in [6.45, 7) is 1.92. The third-order valence-electron chi connectivity index (χ3n) is 2.69. The van der Waals surface area contributed by atoms with E-state index in [-0.39, 0.29) is 11.6 Å². The molecule has 0 bridgehead atoms. The summed E-state index contributed by atoms with van der Waals surface area (Å²) in [5, 5.41) is 16.0. The van der Waals surface area contributed by atoms with Gasteiger partial charge in [0.05, 0.1) is 11.1 Å². The maximum atomic E-state index is 13.2. The number of benzene rings is 1. The van der Waals surface area contributed by atoms with Crippen molar-refractivity contribution in [2.45, 2.75) is 12.5 Å². The van der Waals surface area contributed by atoms with Crippen molar-refractivity contribution in [2.24, 2.45) is 4.99 Å². The Morgan fingerprint density at radius 2 is 2.39 bits per heavy atom. The van der Waals surface area contributed by atoms with E-state index in [2.05, 4.69) is 15.6 Å². The summed E-state index contributed by atoms with van der Waals surface area (Å²) in [7, 11) is 0. The Balaban J connectivity index is 1.92. The van der Waals surface area contributed by atoms with Gasteiger partial charge in [-0.05, 0) is 24.1 Å². The molecule has 3 N–H and O–H groups in total. The van der Waals surface area contributed by atoms with Gasteiger partial charge in [0.1, 0.15) is 5.82 Å². The van der Waals surface area contributed by atoms with Crippen LogP contribution in [0.4, 0.5) is 4.39 Å². The number of nitrogens with one attached hydrogen (secondary N) is 2. The first-order chi connectivity index (χ1) is 8.66. The summed E-state index contributed by atoms with van der Waals surface area (Å²) in [5.74, 6) is 0.149. The third-order valence-corrected chi connectivity index (χ3v) is 3.00. The minimum atomic E-state index is -0.803. The number of rotatable bonds is 3. The number of aliphatic imine (C=N–C) groups is 1. The van der Waals surface area contributed by atoms with Crippen LogP contribution in [-0.2, 0) is 0 Å². The lowest BCUT2D eigenvalue weighted by atomic mass is 10.1. The Morgan fingerprint density at radius 1 is 1.56 bits per heavy atom. The lowest BCUT2D eigenvalue weighted by Crippen LogP contribution is -2.42. The van der Waals surface area contributed by atoms with E-state index >= 15 is 0 Å². The summed E-state index contributed by atoms with van der Waals surface area (Å²) in [6, 6.07) is 4.28. The maximum absolute atomic E-state index is 13.2. The zero-order chi connectivity index (χ0) is 13.0. The molecule has 1 aliphatic rings. The van der Waals surface area contributed by atoms with E-state index in [1.807, 2.05) is 0 Å². The van der Waals surface area contributed by atoms with Crippen molar-refractivity contribution in [1.82, 2.24) is 10.6 Å². The highest BCUT2D eigenvalue weighted by Gasteiger charge is 2.11. The topological polar surface area (TPSA) is 56.6 Å². The third kappa shape index (κ3) is 3.34. The van der Waals surface area contributed by atoms with Gasteiger partial charge in [-0.3, -0.25) is 4.99 Å². The molecule has 0 amide bonds. The SMILES string of the molecule is OC(CNC1=NCCCN1)c1ccc(Cl)c(F)c1. The highest BCUT2D eigenvalue weighted by Crippen LogP contribution is 2.19. The van der Waals surface area contributed by atoms with Crippen LogP contribution in [0.25, 0.3) is 0 Å². The molecular weight excluding hydrogens is 257 g/mol. The second-order valence-corrected chi connectivity index (χ2v) is 4.49. The van der Waals surface area contributed by atoms with Crippen LogP contribution >= 0.6 is 11.6 Å². The Morgan fingerprint density at radius 3 is 3.06 bits per heavy atom. The summed E-state index contributed by atoms with van der Waals surface area (Å²) >= 11 is 5.58. The van der Waals surface area contributed by atoms with Gasteiger partial charge in [0, 0.05) is 19.6 Å². The molecule has 1 heterocycles. The fourth-order valence-corrected chi connectivity index (χ4v) is 1.80. The minimum Gasteiger partial charge on any atom is -0.387 e. The normalized spacial score (nSPS) is 16.7. The predicted octanol–water partition coefficient (Wildman–Crippen LogP) is 1.45. The highest BCUT2D eigenvalue weighted by atomic mass is 35.5. The lowest BCUT2D eigenvalue weighted by molar-refractivity contribution is 0.180. The van der Waals surface area contributed by atoms with E-state index in [1.54, 1.807) is 6.07 Å². The quantitative estimate of drug-likeness (QED) is 0.780. The summed E-state index contributed by atoms with van der Waals surface area (Å²) in [5.41, 5.74) is 0.487. The van der Waals surface area contributed by atoms with Crippen LogP contribution in [-0.4, -0.2) is 30.7 Å². The Labute approximate surface area is 110 Å². The molecule has 0 saturated carbocycles. The molecule has 1 aliphatic heterocycles. The van der Waals surface area contributed by atoms with Crippen molar-refractivity contribution in [1.29, 1.82) is 0 Å². The van der Waals surface area contributed by atoms with Crippen LogP contribution < -0.4 is 10.6 Å². The first kappa shape index (κ1) is 13.1. The van der Waals surface area contributed by atoms with E-state index in [0.717, 1.165) is 19.5 Å². The Bertz CT molecular complexity index is 453. The summed E-state index contributed by atoms with van der Waals surface area (Å²) in [4.78, 5) is 4.21. The van der Waals surface area contributed by atoms with Crippen LogP contribution in [0.15, 0.2) is 23.2 Å². The van der Waals surface area contributed by atoms with Gasteiger partial charge in [-0.15, -0.1) is 0 Å². The fourth-order valence-electron chi connectivity index (χ4n) is 1.68. The molecule has 18 heavy (non-hydrogen) atoms. The molecule has 0 aliphatic carbocycles. The lowest BCUT2D eigenvalue weighted by Gasteiger charge is -2.18. The molecule has 0 radical (unpaired) electrons. The number of guanidine groups is 1. The van der Waals surface area contributed by atoms with Crippen molar-refractivity contribution in [3.05, 3.63) is 34.6 Å². The number of aliphatic hydroxyl groups excluding tert-OH is 1. The van der Waals surface area contributed by atoms with E-state index < -0.39 is 11.9 Å². The molecule has 1 atom stereocenters. The van der Waals surface area contributed by atoms with Gasteiger partial charge in [0.2, 0.25) is 0 Å². The zero-order valence-corrected chi connectivity index (χ0v) is 10.5. The van der Waals surface area contributed by atoms with Crippen LogP contribution in [0.1, 0.15) is 18.1 Å². The molecule has 6 heteroatoms. The van der Waals surface area contributed by atoms with E-state index in [1.165, 1.54) is 12.1 Å². The number of hydrogen-bond acceptors (Lipinski definition) is 4. The van der Waals surface area contributed by atoms with Gasteiger partial charge >= 0.3 is 0 Å². The second-order valence-electron chi connectivity index (χ2n) is 4.08. The van der Waals surface area contributed by atoms with Crippen molar-refractivity contribution in [3.63, 3.8) is 0 Å². The van der Waals surface area contributed by atoms with Gasteiger partial charge < -0.3 is 15.7 Å². The van der Waals surface area contributed by atoms with E-state index in [4.69, 9.17) is 11.6 Å². The predicted molar refractivity (Wildman–Crippen MR) is 69.3 cm³/mol. The molecule has 2 rings (SSSR count). The molecule has 4 nitrogen and oxygen atoms in total. The van der Waals surface area contributed by atoms with Crippen molar-refractivity contribution in [3.8, 4) is 0 Å².